The van der Waals surface area contributed by atoms with Crippen LogP contribution in [0.1, 0.15) is 27.3 Å². The van der Waals surface area contributed by atoms with Crippen LogP contribution in [0.4, 0.5) is 4.39 Å². The highest BCUT2D eigenvalue weighted by molar-refractivity contribution is 6.01. The van der Waals surface area contributed by atoms with Gasteiger partial charge >= 0.3 is 5.97 Å². The summed E-state index contributed by atoms with van der Waals surface area (Å²) >= 11 is 0. The predicted molar refractivity (Wildman–Crippen MR) is 94.0 cm³/mol. The Bertz CT molecular complexity index is 1180. The van der Waals surface area contributed by atoms with E-state index in [1.165, 1.54) is 41.2 Å². The van der Waals surface area contributed by atoms with Crippen molar-refractivity contribution in [3.8, 4) is 23.0 Å². The SMILES string of the molecule is N#Cc1cccc(F)c1-c1cc(-n2ccc(CC(=O)O)n2)c2c(n1)CNC2=O. The van der Waals surface area contributed by atoms with Crippen LogP contribution < -0.4 is 5.32 Å². The fraction of sp³-hybridized carbons (Fsp3) is 0.105. The summed E-state index contributed by atoms with van der Waals surface area (Å²) in [5.74, 6) is -2.00. The van der Waals surface area contributed by atoms with Crippen molar-refractivity contribution in [3.63, 3.8) is 0 Å². The fourth-order valence-electron chi connectivity index (χ4n) is 3.14. The molecular formula is C19H12FN5O3. The minimum Gasteiger partial charge on any atom is -0.481 e. The lowest BCUT2D eigenvalue weighted by molar-refractivity contribution is -0.136. The monoisotopic (exact) mass is 377 g/mol. The number of carbonyl (C=O) groups excluding carboxylic acids is 1. The van der Waals surface area contributed by atoms with Gasteiger partial charge in [-0.3, -0.25) is 9.59 Å². The summed E-state index contributed by atoms with van der Waals surface area (Å²) in [5, 5.41) is 25.1. The van der Waals surface area contributed by atoms with Gasteiger partial charge in [-0.1, -0.05) is 6.07 Å². The van der Waals surface area contributed by atoms with Crippen molar-refractivity contribution < 1.29 is 19.1 Å². The molecule has 0 radical (unpaired) electrons. The van der Waals surface area contributed by atoms with E-state index in [1.807, 2.05) is 6.07 Å². The third-order valence-corrected chi connectivity index (χ3v) is 4.33. The third kappa shape index (κ3) is 2.87. The van der Waals surface area contributed by atoms with Gasteiger partial charge in [0.15, 0.2) is 0 Å². The molecular weight excluding hydrogens is 365 g/mol. The summed E-state index contributed by atoms with van der Waals surface area (Å²) in [7, 11) is 0. The number of nitriles is 1. The molecule has 0 aliphatic carbocycles. The van der Waals surface area contributed by atoms with Crippen LogP contribution in [-0.4, -0.2) is 31.7 Å². The molecule has 1 aliphatic rings. The first-order valence-electron chi connectivity index (χ1n) is 8.25. The molecule has 0 spiro atoms. The lowest BCUT2D eigenvalue weighted by Crippen LogP contribution is -2.14. The van der Waals surface area contributed by atoms with Crippen LogP contribution in [0.5, 0.6) is 0 Å². The number of hydrogen-bond donors (Lipinski definition) is 2. The number of carboxylic acid groups (broad SMARTS) is 1. The van der Waals surface area contributed by atoms with Crippen LogP contribution in [0.15, 0.2) is 36.5 Å². The Hall–Kier alpha value is -4.06. The molecule has 0 saturated heterocycles. The molecule has 1 amide bonds. The van der Waals surface area contributed by atoms with Gasteiger partial charge in [-0.05, 0) is 24.3 Å². The van der Waals surface area contributed by atoms with Crippen molar-refractivity contribution in [2.45, 2.75) is 13.0 Å². The minimum atomic E-state index is -1.03. The third-order valence-electron chi connectivity index (χ3n) is 4.33. The van der Waals surface area contributed by atoms with E-state index in [9.17, 15) is 19.2 Å². The van der Waals surface area contributed by atoms with Gasteiger partial charge in [0.25, 0.3) is 5.91 Å². The fourth-order valence-corrected chi connectivity index (χ4v) is 3.14. The number of aromatic nitrogens is 3. The second-order valence-corrected chi connectivity index (χ2v) is 6.13. The molecule has 0 fully saturated rings. The Labute approximate surface area is 157 Å². The van der Waals surface area contributed by atoms with E-state index >= 15 is 0 Å². The zero-order chi connectivity index (χ0) is 19.8. The summed E-state index contributed by atoms with van der Waals surface area (Å²) in [6, 6.07) is 9.09. The van der Waals surface area contributed by atoms with Gasteiger partial charge in [-0.2, -0.15) is 10.4 Å². The van der Waals surface area contributed by atoms with Crippen molar-refractivity contribution >= 4 is 11.9 Å². The quantitative estimate of drug-likeness (QED) is 0.715. The number of halogens is 1. The normalized spacial score (nSPS) is 12.4. The Morgan fingerprint density at radius 2 is 2.18 bits per heavy atom. The highest BCUT2D eigenvalue weighted by Crippen LogP contribution is 2.31. The van der Waals surface area contributed by atoms with Crippen molar-refractivity contribution in [2.24, 2.45) is 0 Å². The number of benzene rings is 1. The number of fused-ring (bicyclic) bond motifs is 1. The van der Waals surface area contributed by atoms with E-state index in [1.54, 1.807) is 0 Å². The maximum atomic E-state index is 14.5. The highest BCUT2D eigenvalue weighted by atomic mass is 19.1. The Morgan fingerprint density at radius 1 is 1.36 bits per heavy atom. The number of hydrogen-bond acceptors (Lipinski definition) is 5. The van der Waals surface area contributed by atoms with Gasteiger partial charge in [0, 0.05) is 6.20 Å². The van der Waals surface area contributed by atoms with Crippen molar-refractivity contribution in [1.82, 2.24) is 20.1 Å². The smallest absolute Gasteiger partial charge is 0.309 e. The first-order chi connectivity index (χ1) is 13.5. The predicted octanol–water partition coefficient (Wildman–Crippen LogP) is 1.82. The zero-order valence-electron chi connectivity index (χ0n) is 14.3. The van der Waals surface area contributed by atoms with Crippen molar-refractivity contribution in [1.29, 1.82) is 5.26 Å². The maximum Gasteiger partial charge on any atom is 0.309 e. The molecule has 3 heterocycles. The molecule has 8 nitrogen and oxygen atoms in total. The summed E-state index contributed by atoms with van der Waals surface area (Å²) in [6.45, 7) is 0.161. The van der Waals surface area contributed by atoms with Crippen molar-refractivity contribution in [2.75, 3.05) is 0 Å². The molecule has 2 aromatic heterocycles. The van der Waals surface area contributed by atoms with Crippen LogP contribution in [0, 0.1) is 17.1 Å². The number of aliphatic carboxylic acids is 1. The Kier molecular flexibility index (Phi) is 4.08. The summed E-state index contributed by atoms with van der Waals surface area (Å²) in [4.78, 5) is 27.5. The Morgan fingerprint density at radius 3 is 2.93 bits per heavy atom. The van der Waals surface area contributed by atoms with E-state index < -0.39 is 11.8 Å². The number of amides is 1. The summed E-state index contributed by atoms with van der Waals surface area (Å²) in [6.07, 6.45) is 1.25. The van der Waals surface area contributed by atoms with E-state index in [0.29, 0.717) is 17.1 Å². The van der Waals surface area contributed by atoms with Crippen LogP contribution in [0.3, 0.4) is 0 Å². The molecule has 0 saturated carbocycles. The van der Waals surface area contributed by atoms with Gasteiger partial charge in [-0.15, -0.1) is 0 Å². The molecule has 4 rings (SSSR count). The molecule has 0 bridgehead atoms. The van der Waals surface area contributed by atoms with Crippen molar-refractivity contribution in [3.05, 3.63) is 64.9 Å². The van der Waals surface area contributed by atoms with Crippen LogP contribution in [0.2, 0.25) is 0 Å². The molecule has 2 N–H and O–H groups in total. The highest BCUT2D eigenvalue weighted by Gasteiger charge is 2.28. The largest absolute Gasteiger partial charge is 0.481 e. The number of nitrogens with zero attached hydrogens (tertiary/aromatic N) is 4. The maximum absolute atomic E-state index is 14.5. The van der Waals surface area contributed by atoms with E-state index in [2.05, 4.69) is 15.4 Å². The summed E-state index contributed by atoms with van der Waals surface area (Å²) in [5.41, 5.74) is 1.66. The average molecular weight is 377 g/mol. The van der Waals surface area contributed by atoms with E-state index in [4.69, 9.17) is 5.11 Å². The van der Waals surface area contributed by atoms with Gasteiger partial charge < -0.3 is 10.4 Å². The number of pyridine rings is 1. The summed E-state index contributed by atoms with van der Waals surface area (Å²) < 4.78 is 15.8. The molecule has 28 heavy (non-hydrogen) atoms. The lowest BCUT2D eigenvalue weighted by atomic mass is 10.0. The first-order valence-corrected chi connectivity index (χ1v) is 8.25. The van der Waals surface area contributed by atoms with Gasteiger partial charge in [0.2, 0.25) is 0 Å². The van der Waals surface area contributed by atoms with Gasteiger partial charge in [0.1, 0.15) is 5.82 Å². The molecule has 9 heteroatoms. The number of carbonyl (C=O) groups is 2. The molecule has 1 aliphatic heterocycles. The van der Waals surface area contributed by atoms with Gasteiger partial charge in [-0.25, -0.2) is 14.1 Å². The van der Waals surface area contributed by atoms with Crippen LogP contribution in [0.25, 0.3) is 16.9 Å². The second-order valence-electron chi connectivity index (χ2n) is 6.13. The molecule has 0 atom stereocenters. The topological polar surface area (TPSA) is 121 Å². The second kappa shape index (κ2) is 6.59. The molecule has 1 aromatic carbocycles. The molecule has 138 valence electrons. The Balaban J connectivity index is 1.93. The molecule has 0 unspecified atom stereocenters. The lowest BCUT2D eigenvalue weighted by Gasteiger charge is -2.11. The number of nitrogens with one attached hydrogen (secondary N) is 1. The number of rotatable bonds is 4. The van der Waals surface area contributed by atoms with Crippen LogP contribution >= 0.6 is 0 Å². The van der Waals surface area contributed by atoms with E-state index in [0.717, 1.165) is 0 Å². The first kappa shape index (κ1) is 17.4. The van der Waals surface area contributed by atoms with Gasteiger partial charge in [0.05, 0.1) is 58.5 Å². The van der Waals surface area contributed by atoms with E-state index in [-0.39, 0.29) is 41.3 Å². The number of carboxylic acids is 1. The van der Waals surface area contributed by atoms with Crippen LogP contribution in [-0.2, 0) is 17.8 Å². The minimum absolute atomic E-state index is 0.0336. The average Bonchev–Trinajstić information content (AvgIpc) is 3.27. The molecule has 3 aromatic rings. The zero-order valence-corrected chi connectivity index (χ0v) is 14.3. The standard InChI is InChI=1S/C19H12FN5O3/c20-12-3-1-2-10(8-21)17(12)13-7-15(18-14(23-13)9-22-19(18)28)25-5-4-11(24-25)6-16(26)27/h1-5,7H,6,9H2,(H,22,28)(H,26,27).